The average molecular weight is 247 g/mol. The Kier molecular flexibility index (Phi) is 3.41. The quantitative estimate of drug-likeness (QED) is 0.763. The van der Waals surface area contributed by atoms with Crippen LogP contribution in [-0.2, 0) is 20.8 Å². The molecule has 5 nitrogen and oxygen atoms in total. The van der Waals surface area contributed by atoms with Gasteiger partial charge in [0, 0.05) is 6.42 Å². The normalized spacial score (nSPS) is 20.6. The van der Waals surface area contributed by atoms with Crippen molar-refractivity contribution < 1.29 is 19.5 Å². The molecule has 1 saturated heterocycles. The summed E-state index contributed by atoms with van der Waals surface area (Å²) in [6.07, 6.45) is 0.212. The number of aliphatic carboxylic acids is 1. The van der Waals surface area contributed by atoms with E-state index in [2.05, 4.69) is 5.32 Å². The number of carbonyl (C=O) groups excluding carboxylic acids is 2. The van der Waals surface area contributed by atoms with Crippen LogP contribution in [0.15, 0.2) is 30.3 Å². The monoisotopic (exact) mass is 247 g/mol. The number of hydrogen-bond acceptors (Lipinski definition) is 3. The molecule has 1 aromatic rings. The zero-order valence-electron chi connectivity index (χ0n) is 9.63. The van der Waals surface area contributed by atoms with E-state index in [1.54, 1.807) is 0 Å². The van der Waals surface area contributed by atoms with Crippen molar-refractivity contribution in [3.05, 3.63) is 35.9 Å². The first kappa shape index (κ1) is 12.3. The first-order chi connectivity index (χ1) is 8.58. The Labute approximate surface area is 104 Å². The summed E-state index contributed by atoms with van der Waals surface area (Å²) < 4.78 is 0. The minimum absolute atomic E-state index is 0.0391. The number of hydrogen-bond donors (Lipinski definition) is 2. The Morgan fingerprint density at radius 1 is 1.33 bits per heavy atom. The van der Waals surface area contributed by atoms with Gasteiger partial charge in [-0.05, 0) is 12.0 Å². The summed E-state index contributed by atoms with van der Waals surface area (Å²) in [5, 5.41) is 11.4. The Balaban J connectivity index is 2.17. The van der Waals surface area contributed by atoms with Crippen LogP contribution in [0.25, 0.3) is 0 Å². The fraction of sp³-hybridized carbons (Fsp3) is 0.308. The SMILES string of the molecule is O=C1CC([C@H](Cc2ccccc2)C(=O)O)C(=O)N1. The summed E-state index contributed by atoms with van der Waals surface area (Å²) in [6, 6.07) is 9.09. The van der Waals surface area contributed by atoms with Crippen molar-refractivity contribution in [1.29, 1.82) is 0 Å². The number of benzene rings is 1. The molecule has 1 aromatic carbocycles. The molecule has 0 saturated carbocycles. The van der Waals surface area contributed by atoms with E-state index in [1.165, 1.54) is 0 Å². The van der Waals surface area contributed by atoms with Gasteiger partial charge in [-0.15, -0.1) is 0 Å². The van der Waals surface area contributed by atoms with Crippen LogP contribution < -0.4 is 5.32 Å². The predicted octanol–water partition coefficient (Wildman–Crippen LogP) is 0.593. The molecule has 2 N–H and O–H groups in total. The van der Waals surface area contributed by atoms with Gasteiger partial charge in [-0.25, -0.2) is 0 Å². The maximum Gasteiger partial charge on any atom is 0.307 e. The van der Waals surface area contributed by atoms with E-state index in [9.17, 15) is 19.5 Å². The maximum atomic E-state index is 11.5. The van der Waals surface area contributed by atoms with Crippen molar-refractivity contribution in [2.45, 2.75) is 12.8 Å². The first-order valence-electron chi connectivity index (χ1n) is 5.68. The van der Waals surface area contributed by atoms with Crippen LogP contribution in [0.4, 0.5) is 0 Å². The Bertz CT molecular complexity index is 483. The first-order valence-corrected chi connectivity index (χ1v) is 5.68. The second kappa shape index (κ2) is 5.00. The van der Waals surface area contributed by atoms with E-state index in [0.717, 1.165) is 5.56 Å². The number of amides is 2. The van der Waals surface area contributed by atoms with Gasteiger partial charge >= 0.3 is 5.97 Å². The van der Waals surface area contributed by atoms with Gasteiger partial charge in [0.2, 0.25) is 11.8 Å². The van der Waals surface area contributed by atoms with E-state index >= 15 is 0 Å². The van der Waals surface area contributed by atoms with Crippen molar-refractivity contribution in [1.82, 2.24) is 5.32 Å². The molecule has 2 amide bonds. The highest BCUT2D eigenvalue weighted by Crippen LogP contribution is 2.25. The minimum Gasteiger partial charge on any atom is -0.481 e. The van der Waals surface area contributed by atoms with Crippen LogP contribution >= 0.6 is 0 Å². The van der Waals surface area contributed by atoms with Crippen molar-refractivity contribution in [3.63, 3.8) is 0 Å². The number of nitrogens with one attached hydrogen (secondary N) is 1. The third-order valence-electron chi connectivity index (χ3n) is 3.11. The fourth-order valence-corrected chi connectivity index (χ4v) is 2.17. The lowest BCUT2D eigenvalue weighted by molar-refractivity contribution is -0.146. The zero-order chi connectivity index (χ0) is 13.1. The predicted molar refractivity (Wildman–Crippen MR) is 62.5 cm³/mol. The molecule has 0 spiro atoms. The number of rotatable bonds is 4. The van der Waals surface area contributed by atoms with E-state index in [4.69, 9.17) is 0 Å². The highest BCUT2D eigenvalue weighted by atomic mass is 16.4. The van der Waals surface area contributed by atoms with Crippen LogP contribution in [0.2, 0.25) is 0 Å². The minimum atomic E-state index is -1.05. The molecule has 0 bridgehead atoms. The molecule has 18 heavy (non-hydrogen) atoms. The number of carboxylic acid groups (broad SMARTS) is 1. The molecule has 1 aliphatic rings. The largest absolute Gasteiger partial charge is 0.481 e. The van der Waals surface area contributed by atoms with Gasteiger partial charge in [0.1, 0.15) is 0 Å². The summed E-state index contributed by atoms with van der Waals surface area (Å²) in [6.45, 7) is 0. The Morgan fingerprint density at radius 3 is 2.50 bits per heavy atom. The standard InChI is InChI=1S/C13H13NO4/c15-11-7-9(12(16)14-11)10(13(17)18)6-8-4-2-1-3-5-8/h1-5,9-10H,6-7H2,(H,17,18)(H,14,15,16)/t9?,10-/m0/s1. The second-order valence-corrected chi connectivity index (χ2v) is 4.36. The lowest BCUT2D eigenvalue weighted by atomic mass is 9.85. The van der Waals surface area contributed by atoms with Crippen molar-refractivity contribution >= 4 is 17.8 Å². The number of imide groups is 1. The van der Waals surface area contributed by atoms with Crippen LogP contribution in [-0.4, -0.2) is 22.9 Å². The molecule has 2 atom stereocenters. The van der Waals surface area contributed by atoms with E-state index < -0.39 is 29.6 Å². The fourth-order valence-electron chi connectivity index (χ4n) is 2.17. The second-order valence-electron chi connectivity index (χ2n) is 4.36. The molecule has 0 aliphatic carbocycles. The van der Waals surface area contributed by atoms with Gasteiger partial charge in [0.05, 0.1) is 11.8 Å². The summed E-state index contributed by atoms with van der Waals surface area (Å²) >= 11 is 0. The third kappa shape index (κ3) is 2.56. The summed E-state index contributed by atoms with van der Waals surface area (Å²) in [7, 11) is 0. The average Bonchev–Trinajstić information content (AvgIpc) is 2.66. The van der Waals surface area contributed by atoms with Gasteiger partial charge < -0.3 is 5.11 Å². The molecule has 5 heteroatoms. The number of carbonyl (C=O) groups is 3. The summed E-state index contributed by atoms with van der Waals surface area (Å²) in [5.74, 6) is -3.56. The van der Waals surface area contributed by atoms with Crippen LogP contribution in [0.3, 0.4) is 0 Å². The van der Waals surface area contributed by atoms with Gasteiger partial charge in [-0.3, -0.25) is 19.7 Å². The van der Waals surface area contributed by atoms with Crippen molar-refractivity contribution in [2.24, 2.45) is 11.8 Å². The van der Waals surface area contributed by atoms with Crippen LogP contribution in [0, 0.1) is 11.8 Å². The maximum absolute atomic E-state index is 11.5. The lowest BCUT2D eigenvalue weighted by Gasteiger charge is -2.16. The molecule has 2 rings (SSSR count). The molecular formula is C13H13NO4. The molecule has 1 heterocycles. The Morgan fingerprint density at radius 2 is 2.00 bits per heavy atom. The molecule has 94 valence electrons. The van der Waals surface area contributed by atoms with E-state index in [-0.39, 0.29) is 12.8 Å². The van der Waals surface area contributed by atoms with Gasteiger partial charge in [0.15, 0.2) is 0 Å². The molecule has 1 aliphatic heterocycles. The van der Waals surface area contributed by atoms with Gasteiger partial charge in [-0.1, -0.05) is 30.3 Å². The van der Waals surface area contributed by atoms with Crippen molar-refractivity contribution in [2.75, 3.05) is 0 Å². The highest BCUT2D eigenvalue weighted by Gasteiger charge is 2.40. The lowest BCUT2D eigenvalue weighted by Crippen LogP contribution is -2.31. The topological polar surface area (TPSA) is 83.5 Å². The molecule has 0 aromatic heterocycles. The number of carboxylic acids is 1. The zero-order valence-corrected chi connectivity index (χ0v) is 9.63. The third-order valence-corrected chi connectivity index (χ3v) is 3.11. The Hall–Kier alpha value is -2.17. The summed E-state index contributed by atoms with van der Waals surface area (Å²) in [5.41, 5.74) is 0.844. The highest BCUT2D eigenvalue weighted by molar-refractivity contribution is 6.05. The van der Waals surface area contributed by atoms with Gasteiger partial charge in [0.25, 0.3) is 0 Å². The molecule has 1 fully saturated rings. The van der Waals surface area contributed by atoms with E-state index in [1.807, 2.05) is 30.3 Å². The molecular weight excluding hydrogens is 234 g/mol. The van der Waals surface area contributed by atoms with Crippen LogP contribution in [0.1, 0.15) is 12.0 Å². The van der Waals surface area contributed by atoms with Crippen LogP contribution in [0.5, 0.6) is 0 Å². The smallest absolute Gasteiger partial charge is 0.307 e. The molecule has 0 radical (unpaired) electrons. The summed E-state index contributed by atoms with van der Waals surface area (Å²) in [4.78, 5) is 33.9. The van der Waals surface area contributed by atoms with Crippen molar-refractivity contribution in [3.8, 4) is 0 Å². The molecule has 1 unspecified atom stereocenters. The van der Waals surface area contributed by atoms with E-state index in [0.29, 0.717) is 0 Å². The van der Waals surface area contributed by atoms with Gasteiger partial charge in [-0.2, -0.15) is 0 Å².